The van der Waals surface area contributed by atoms with Gasteiger partial charge in [0.15, 0.2) is 9.84 Å². The SMILES string of the molecule is CCN(c1ccc(NC(=O)CC2CCS(=O)(=O)C2)cc1)C(C)C. The largest absolute Gasteiger partial charge is 0.369 e. The van der Waals surface area contributed by atoms with Crippen molar-refractivity contribution in [2.45, 2.75) is 39.7 Å². The van der Waals surface area contributed by atoms with Gasteiger partial charge in [0, 0.05) is 30.4 Å². The van der Waals surface area contributed by atoms with Crippen LogP contribution in [0.15, 0.2) is 24.3 Å². The Bertz CT molecular complexity index is 638. The highest BCUT2D eigenvalue weighted by atomic mass is 32.2. The number of nitrogens with one attached hydrogen (secondary N) is 1. The molecule has 1 aromatic rings. The molecule has 1 unspecified atom stereocenters. The Morgan fingerprint density at radius 2 is 1.96 bits per heavy atom. The van der Waals surface area contributed by atoms with Crippen LogP contribution < -0.4 is 10.2 Å². The number of sulfone groups is 1. The fourth-order valence-corrected chi connectivity index (χ4v) is 4.95. The van der Waals surface area contributed by atoms with Gasteiger partial charge >= 0.3 is 0 Å². The zero-order chi connectivity index (χ0) is 17.0. The summed E-state index contributed by atoms with van der Waals surface area (Å²) in [7, 11) is -2.93. The second-order valence-corrected chi connectivity index (χ2v) is 8.68. The van der Waals surface area contributed by atoms with E-state index in [0.717, 1.165) is 17.9 Å². The third-order valence-corrected chi connectivity index (χ3v) is 6.08. The standard InChI is InChI=1S/C17H26N2O3S/c1-4-19(13(2)3)16-7-5-15(6-8-16)18-17(20)11-14-9-10-23(21,22)12-14/h5-8,13-14H,4,9-12H2,1-3H3,(H,18,20). The predicted octanol–water partition coefficient (Wildman–Crippen LogP) is 2.68. The van der Waals surface area contributed by atoms with Gasteiger partial charge in [-0.2, -0.15) is 0 Å². The maximum Gasteiger partial charge on any atom is 0.224 e. The number of anilines is 2. The monoisotopic (exact) mass is 338 g/mol. The summed E-state index contributed by atoms with van der Waals surface area (Å²) in [4.78, 5) is 14.3. The molecule has 23 heavy (non-hydrogen) atoms. The highest BCUT2D eigenvalue weighted by molar-refractivity contribution is 7.91. The van der Waals surface area contributed by atoms with Gasteiger partial charge in [-0.15, -0.1) is 0 Å². The van der Waals surface area contributed by atoms with E-state index >= 15 is 0 Å². The van der Waals surface area contributed by atoms with Crippen LogP contribution >= 0.6 is 0 Å². The number of nitrogens with zero attached hydrogens (tertiary/aromatic N) is 1. The average molecular weight is 338 g/mol. The number of benzene rings is 1. The first-order valence-electron chi connectivity index (χ1n) is 8.17. The molecule has 1 saturated heterocycles. The lowest BCUT2D eigenvalue weighted by Gasteiger charge is -2.27. The first-order valence-corrected chi connectivity index (χ1v) is 10.00. The third-order valence-electron chi connectivity index (χ3n) is 4.25. The molecule has 0 saturated carbocycles. The molecule has 5 nitrogen and oxygen atoms in total. The van der Waals surface area contributed by atoms with Crippen LogP contribution in [0.1, 0.15) is 33.6 Å². The quantitative estimate of drug-likeness (QED) is 0.866. The number of carbonyl (C=O) groups excluding carboxylic acids is 1. The van der Waals surface area contributed by atoms with Crippen molar-refractivity contribution in [3.63, 3.8) is 0 Å². The number of hydrogen-bond acceptors (Lipinski definition) is 4. The molecule has 0 radical (unpaired) electrons. The molecule has 2 rings (SSSR count). The van der Waals surface area contributed by atoms with Crippen molar-refractivity contribution in [2.24, 2.45) is 5.92 Å². The van der Waals surface area contributed by atoms with E-state index in [0.29, 0.717) is 12.5 Å². The van der Waals surface area contributed by atoms with E-state index in [1.54, 1.807) is 0 Å². The minimum Gasteiger partial charge on any atom is -0.369 e. The van der Waals surface area contributed by atoms with Crippen molar-refractivity contribution in [2.75, 3.05) is 28.3 Å². The fraction of sp³-hybridized carbons (Fsp3) is 0.588. The van der Waals surface area contributed by atoms with Gasteiger partial charge in [0.1, 0.15) is 0 Å². The number of amides is 1. The molecule has 0 aliphatic carbocycles. The minimum absolute atomic E-state index is 0.0456. The van der Waals surface area contributed by atoms with Crippen LogP contribution in [0.3, 0.4) is 0 Å². The van der Waals surface area contributed by atoms with Crippen molar-refractivity contribution in [3.05, 3.63) is 24.3 Å². The van der Waals surface area contributed by atoms with Gasteiger partial charge in [-0.3, -0.25) is 4.79 Å². The van der Waals surface area contributed by atoms with Crippen LogP contribution in [-0.2, 0) is 14.6 Å². The Balaban J connectivity index is 1.92. The topological polar surface area (TPSA) is 66.5 Å². The van der Waals surface area contributed by atoms with E-state index in [4.69, 9.17) is 0 Å². The summed E-state index contributed by atoms with van der Waals surface area (Å²) in [5, 5.41) is 2.86. The summed E-state index contributed by atoms with van der Waals surface area (Å²) in [6.07, 6.45) is 0.864. The Morgan fingerprint density at radius 3 is 2.43 bits per heavy atom. The smallest absolute Gasteiger partial charge is 0.224 e. The van der Waals surface area contributed by atoms with Gasteiger partial charge in [-0.1, -0.05) is 0 Å². The van der Waals surface area contributed by atoms with Crippen LogP contribution in [0.4, 0.5) is 11.4 Å². The molecule has 1 N–H and O–H groups in total. The highest BCUT2D eigenvalue weighted by Gasteiger charge is 2.29. The first-order chi connectivity index (χ1) is 10.8. The summed E-state index contributed by atoms with van der Waals surface area (Å²) in [5.74, 6) is 0.188. The molecular weight excluding hydrogens is 312 g/mol. The maximum absolute atomic E-state index is 12.0. The third kappa shape index (κ3) is 4.96. The van der Waals surface area contributed by atoms with Gasteiger partial charge in [-0.25, -0.2) is 8.42 Å². The van der Waals surface area contributed by atoms with Crippen molar-refractivity contribution in [1.82, 2.24) is 0 Å². The normalized spacial score (nSPS) is 19.7. The van der Waals surface area contributed by atoms with Crippen LogP contribution in [0.2, 0.25) is 0 Å². The summed E-state index contributed by atoms with van der Waals surface area (Å²) >= 11 is 0. The van der Waals surface area contributed by atoms with Gasteiger partial charge in [0.05, 0.1) is 11.5 Å². The first kappa shape index (κ1) is 17.8. The second kappa shape index (κ2) is 7.34. The van der Waals surface area contributed by atoms with Crippen LogP contribution in [0, 0.1) is 5.92 Å². The molecule has 1 aliphatic rings. The van der Waals surface area contributed by atoms with E-state index in [9.17, 15) is 13.2 Å². The second-order valence-electron chi connectivity index (χ2n) is 6.45. The van der Waals surface area contributed by atoms with Crippen LogP contribution in [-0.4, -0.2) is 38.4 Å². The Hall–Kier alpha value is -1.56. The van der Waals surface area contributed by atoms with Crippen molar-refractivity contribution in [1.29, 1.82) is 0 Å². The minimum atomic E-state index is -2.93. The average Bonchev–Trinajstić information content (AvgIpc) is 2.80. The summed E-state index contributed by atoms with van der Waals surface area (Å²) < 4.78 is 22.9. The Morgan fingerprint density at radius 1 is 1.30 bits per heavy atom. The molecular formula is C17H26N2O3S. The van der Waals surface area contributed by atoms with Gasteiger partial charge in [0.25, 0.3) is 0 Å². The van der Waals surface area contributed by atoms with E-state index in [2.05, 4.69) is 31.0 Å². The molecule has 0 spiro atoms. The van der Waals surface area contributed by atoms with Gasteiger partial charge in [0.2, 0.25) is 5.91 Å². The lowest BCUT2D eigenvalue weighted by atomic mass is 10.0. The van der Waals surface area contributed by atoms with Crippen molar-refractivity contribution in [3.8, 4) is 0 Å². The Labute approximate surface area is 139 Å². The van der Waals surface area contributed by atoms with Crippen LogP contribution in [0.5, 0.6) is 0 Å². The highest BCUT2D eigenvalue weighted by Crippen LogP contribution is 2.23. The molecule has 0 aromatic heterocycles. The summed E-state index contributed by atoms with van der Waals surface area (Å²) in [6.45, 7) is 7.34. The molecule has 1 amide bonds. The molecule has 1 aromatic carbocycles. The van der Waals surface area contributed by atoms with E-state index in [1.165, 1.54) is 0 Å². The van der Waals surface area contributed by atoms with Crippen molar-refractivity contribution >= 4 is 27.1 Å². The predicted molar refractivity (Wildman–Crippen MR) is 94.6 cm³/mol. The molecule has 1 aliphatic heterocycles. The molecule has 1 heterocycles. The molecule has 1 fully saturated rings. The zero-order valence-corrected chi connectivity index (χ0v) is 14.9. The Kier molecular flexibility index (Phi) is 5.68. The lowest BCUT2D eigenvalue weighted by molar-refractivity contribution is -0.116. The number of hydrogen-bond donors (Lipinski definition) is 1. The van der Waals surface area contributed by atoms with E-state index < -0.39 is 9.84 Å². The van der Waals surface area contributed by atoms with Crippen molar-refractivity contribution < 1.29 is 13.2 Å². The zero-order valence-electron chi connectivity index (χ0n) is 14.1. The maximum atomic E-state index is 12.0. The van der Waals surface area contributed by atoms with Gasteiger partial charge in [-0.05, 0) is 57.4 Å². The van der Waals surface area contributed by atoms with Gasteiger partial charge < -0.3 is 10.2 Å². The van der Waals surface area contributed by atoms with Crippen LogP contribution in [0.25, 0.3) is 0 Å². The molecule has 1 atom stereocenters. The molecule has 6 heteroatoms. The number of rotatable bonds is 6. The summed E-state index contributed by atoms with van der Waals surface area (Å²) in [6, 6.07) is 8.20. The molecule has 0 bridgehead atoms. The molecule has 128 valence electrons. The fourth-order valence-electron chi connectivity index (χ4n) is 3.09. The summed E-state index contributed by atoms with van der Waals surface area (Å²) in [5.41, 5.74) is 1.88. The van der Waals surface area contributed by atoms with E-state index in [-0.39, 0.29) is 29.8 Å². The number of carbonyl (C=O) groups is 1. The lowest BCUT2D eigenvalue weighted by Crippen LogP contribution is -2.30. The van der Waals surface area contributed by atoms with E-state index in [1.807, 2.05) is 24.3 Å².